The highest BCUT2D eigenvalue weighted by molar-refractivity contribution is 6.30. The lowest BCUT2D eigenvalue weighted by Gasteiger charge is -2.35. The molecule has 0 spiro atoms. The Bertz CT molecular complexity index is 636. The molecule has 2 heterocycles. The van der Waals surface area contributed by atoms with Crippen molar-refractivity contribution in [2.45, 2.75) is 25.0 Å². The summed E-state index contributed by atoms with van der Waals surface area (Å²) >= 11 is 5.82. The van der Waals surface area contributed by atoms with Gasteiger partial charge in [0.1, 0.15) is 11.9 Å². The fourth-order valence-corrected chi connectivity index (χ4v) is 3.33. The molecule has 2 amide bonds. The quantitative estimate of drug-likeness (QED) is 0.780. The molecule has 2 saturated heterocycles. The van der Waals surface area contributed by atoms with Gasteiger partial charge in [0.25, 0.3) is 11.8 Å². The molecule has 150 valence electrons. The maximum absolute atomic E-state index is 12.5. The number of hydrogen-bond donors (Lipinski definition) is 1. The van der Waals surface area contributed by atoms with Crippen LogP contribution < -0.4 is 10.5 Å². The van der Waals surface area contributed by atoms with Crippen molar-refractivity contribution in [2.24, 2.45) is 5.73 Å². The molecule has 9 heteroatoms. The van der Waals surface area contributed by atoms with E-state index in [1.165, 1.54) is 0 Å². The van der Waals surface area contributed by atoms with E-state index in [9.17, 15) is 9.59 Å². The highest BCUT2D eigenvalue weighted by Crippen LogP contribution is 2.21. The molecule has 1 aromatic rings. The van der Waals surface area contributed by atoms with Gasteiger partial charge in [0.05, 0.1) is 6.10 Å². The van der Waals surface area contributed by atoms with Crippen molar-refractivity contribution in [1.29, 1.82) is 0 Å². The second kappa shape index (κ2) is 10.1. The lowest BCUT2D eigenvalue weighted by atomic mass is 10.1. The Hall–Kier alpha value is -1.54. The average molecular weight is 418 g/mol. The van der Waals surface area contributed by atoms with Gasteiger partial charge in [-0.2, -0.15) is 0 Å². The summed E-state index contributed by atoms with van der Waals surface area (Å²) in [6, 6.07) is 6.88. The Morgan fingerprint density at radius 1 is 1.11 bits per heavy atom. The first-order valence-corrected chi connectivity index (χ1v) is 9.25. The first-order chi connectivity index (χ1) is 12.6. The molecule has 27 heavy (non-hydrogen) atoms. The molecular formula is C18H25Cl2N3O4. The third-order valence-corrected chi connectivity index (χ3v) is 5.02. The van der Waals surface area contributed by atoms with Gasteiger partial charge in [0.2, 0.25) is 0 Å². The van der Waals surface area contributed by atoms with Crippen molar-refractivity contribution >= 4 is 35.8 Å². The summed E-state index contributed by atoms with van der Waals surface area (Å²) in [5.74, 6) is 0.516. The molecule has 0 saturated carbocycles. The summed E-state index contributed by atoms with van der Waals surface area (Å²) in [7, 11) is 0. The standard InChI is InChI=1S/C18H24ClN3O4.ClH/c19-13-1-3-14(4-2-13)25-12-17(23)21-7-9-22(10-8-21)18(24)16-6-5-15(11-20)26-16;/h1-4,15-16H,5-12,20H2;1H/t15-,16+;/m1./s1. The zero-order valence-corrected chi connectivity index (χ0v) is 16.6. The van der Waals surface area contributed by atoms with Crippen LogP contribution in [0.4, 0.5) is 0 Å². The Balaban J connectivity index is 0.00000261. The highest BCUT2D eigenvalue weighted by atomic mass is 35.5. The van der Waals surface area contributed by atoms with Gasteiger partial charge in [-0.25, -0.2) is 0 Å². The number of carbonyl (C=O) groups excluding carboxylic acids is 2. The van der Waals surface area contributed by atoms with Gasteiger partial charge in [0.15, 0.2) is 6.61 Å². The van der Waals surface area contributed by atoms with E-state index < -0.39 is 0 Å². The summed E-state index contributed by atoms with van der Waals surface area (Å²) < 4.78 is 11.2. The van der Waals surface area contributed by atoms with Gasteiger partial charge in [-0.15, -0.1) is 12.4 Å². The average Bonchev–Trinajstić information content (AvgIpc) is 3.16. The Morgan fingerprint density at radius 2 is 1.74 bits per heavy atom. The lowest BCUT2D eigenvalue weighted by Crippen LogP contribution is -2.53. The minimum Gasteiger partial charge on any atom is -0.484 e. The van der Waals surface area contributed by atoms with Gasteiger partial charge in [0, 0.05) is 37.7 Å². The Kier molecular flexibility index (Phi) is 8.16. The molecular weight excluding hydrogens is 393 g/mol. The number of hydrogen-bond acceptors (Lipinski definition) is 5. The summed E-state index contributed by atoms with van der Waals surface area (Å²) in [5.41, 5.74) is 5.59. The van der Waals surface area contributed by atoms with E-state index in [-0.39, 0.29) is 43.0 Å². The van der Waals surface area contributed by atoms with E-state index in [2.05, 4.69) is 0 Å². The Labute approximate surface area is 170 Å². The summed E-state index contributed by atoms with van der Waals surface area (Å²) in [6.45, 7) is 2.44. The first-order valence-electron chi connectivity index (χ1n) is 8.87. The number of carbonyl (C=O) groups is 2. The van der Waals surface area contributed by atoms with Crippen molar-refractivity contribution in [3.05, 3.63) is 29.3 Å². The number of nitrogens with zero attached hydrogens (tertiary/aromatic N) is 2. The van der Waals surface area contributed by atoms with Crippen molar-refractivity contribution in [1.82, 2.24) is 9.80 Å². The zero-order chi connectivity index (χ0) is 18.5. The van der Waals surface area contributed by atoms with E-state index in [4.69, 9.17) is 26.8 Å². The SMILES string of the molecule is Cl.NC[C@H]1CC[C@@H](C(=O)N2CCN(C(=O)COc3ccc(Cl)cc3)CC2)O1. The minimum absolute atomic E-state index is 0. The fourth-order valence-electron chi connectivity index (χ4n) is 3.21. The summed E-state index contributed by atoms with van der Waals surface area (Å²) in [6.07, 6.45) is 1.14. The van der Waals surface area contributed by atoms with E-state index >= 15 is 0 Å². The van der Waals surface area contributed by atoms with Crippen molar-refractivity contribution < 1.29 is 19.1 Å². The van der Waals surface area contributed by atoms with E-state index in [1.54, 1.807) is 34.1 Å². The highest BCUT2D eigenvalue weighted by Gasteiger charge is 2.34. The second-order valence-electron chi connectivity index (χ2n) is 6.51. The number of rotatable bonds is 5. The third-order valence-electron chi connectivity index (χ3n) is 4.77. The van der Waals surface area contributed by atoms with Crippen LogP contribution in [0.5, 0.6) is 5.75 Å². The number of nitrogens with two attached hydrogens (primary N) is 1. The van der Waals surface area contributed by atoms with Gasteiger partial charge >= 0.3 is 0 Å². The van der Waals surface area contributed by atoms with Crippen molar-refractivity contribution in [3.63, 3.8) is 0 Å². The van der Waals surface area contributed by atoms with Crippen LogP contribution in [0.25, 0.3) is 0 Å². The largest absolute Gasteiger partial charge is 0.484 e. The molecule has 2 N–H and O–H groups in total. The molecule has 2 aliphatic heterocycles. The number of amides is 2. The van der Waals surface area contributed by atoms with Gasteiger partial charge in [-0.05, 0) is 37.1 Å². The van der Waals surface area contributed by atoms with Crippen LogP contribution in [-0.2, 0) is 14.3 Å². The van der Waals surface area contributed by atoms with E-state index in [0.29, 0.717) is 43.5 Å². The van der Waals surface area contributed by atoms with Crippen LogP contribution in [0.3, 0.4) is 0 Å². The fraction of sp³-hybridized carbons (Fsp3) is 0.556. The van der Waals surface area contributed by atoms with E-state index in [0.717, 1.165) is 12.8 Å². The molecule has 0 radical (unpaired) electrons. The van der Waals surface area contributed by atoms with Gasteiger partial charge in [-0.1, -0.05) is 11.6 Å². The van der Waals surface area contributed by atoms with Crippen LogP contribution in [0.15, 0.2) is 24.3 Å². The number of ether oxygens (including phenoxy) is 2. The third kappa shape index (κ3) is 5.72. The lowest BCUT2D eigenvalue weighted by molar-refractivity contribution is -0.147. The molecule has 0 aromatic heterocycles. The normalized spacial score (nSPS) is 22.3. The van der Waals surface area contributed by atoms with Crippen LogP contribution in [-0.4, -0.2) is 73.2 Å². The Morgan fingerprint density at radius 3 is 2.33 bits per heavy atom. The summed E-state index contributed by atoms with van der Waals surface area (Å²) in [4.78, 5) is 28.3. The number of halogens is 2. The topological polar surface area (TPSA) is 85.1 Å². The van der Waals surface area contributed by atoms with Gasteiger partial charge < -0.3 is 25.0 Å². The zero-order valence-electron chi connectivity index (χ0n) is 15.0. The minimum atomic E-state index is -0.390. The predicted molar refractivity (Wildman–Crippen MR) is 104 cm³/mol. The maximum atomic E-state index is 12.5. The molecule has 7 nitrogen and oxygen atoms in total. The number of piperazine rings is 1. The van der Waals surface area contributed by atoms with Crippen molar-refractivity contribution in [3.8, 4) is 5.75 Å². The first kappa shape index (κ1) is 21.8. The molecule has 2 aliphatic rings. The van der Waals surface area contributed by atoms with Crippen LogP contribution in [0, 0.1) is 0 Å². The maximum Gasteiger partial charge on any atom is 0.260 e. The predicted octanol–water partition coefficient (Wildman–Crippen LogP) is 1.32. The van der Waals surface area contributed by atoms with Crippen LogP contribution >= 0.6 is 24.0 Å². The second-order valence-corrected chi connectivity index (χ2v) is 6.94. The molecule has 2 atom stereocenters. The number of benzene rings is 1. The molecule has 0 aliphatic carbocycles. The molecule has 3 rings (SSSR count). The monoisotopic (exact) mass is 417 g/mol. The molecule has 2 fully saturated rings. The van der Waals surface area contributed by atoms with Crippen molar-refractivity contribution in [2.75, 3.05) is 39.3 Å². The summed E-state index contributed by atoms with van der Waals surface area (Å²) in [5, 5.41) is 0.619. The van der Waals surface area contributed by atoms with Crippen LogP contribution in [0.2, 0.25) is 5.02 Å². The van der Waals surface area contributed by atoms with E-state index in [1.807, 2.05) is 0 Å². The molecule has 1 aromatic carbocycles. The smallest absolute Gasteiger partial charge is 0.260 e. The molecule has 0 bridgehead atoms. The molecule has 0 unspecified atom stereocenters. The van der Waals surface area contributed by atoms with Crippen LogP contribution in [0.1, 0.15) is 12.8 Å². The van der Waals surface area contributed by atoms with Gasteiger partial charge in [-0.3, -0.25) is 9.59 Å².